The van der Waals surface area contributed by atoms with Gasteiger partial charge in [-0.3, -0.25) is 9.59 Å². The summed E-state index contributed by atoms with van der Waals surface area (Å²) in [6, 6.07) is 10.1. The minimum absolute atomic E-state index is 0.00943. The lowest BCUT2D eigenvalue weighted by molar-refractivity contribution is -0.116. The molecule has 2 amide bonds. The number of carbonyl (C=O) groups is 2. The Labute approximate surface area is 172 Å². The maximum absolute atomic E-state index is 12.3. The van der Waals surface area contributed by atoms with Crippen LogP contribution >= 0.6 is 22.7 Å². The molecule has 3 aromatic rings. The van der Waals surface area contributed by atoms with Gasteiger partial charge in [-0.05, 0) is 54.3 Å². The lowest BCUT2D eigenvalue weighted by Crippen LogP contribution is -2.34. The number of fused-ring (bicyclic) bond motifs is 1. The van der Waals surface area contributed by atoms with Crippen molar-refractivity contribution in [1.82, 2.24) is 9.88 Å². The third kappa shape index (κ3) is 4.15. The molecule has 2 aromatic heterocycles. The molecule has 4 rings (SSSR count). The highest BCUT2D eigenvalue weighted by atomic mass is 32.1. The van der Waals surface area contributed by atoms with Gasteiger partial charge in [-0.25, -0.2) is 4.98 Å². The highest BCUT2D eigenvalue weighted by Gasteiger charge is 2.17. The number of thiazole rings is 1. The molecular weight excluding hydrogens is 390 g/mol. The first-order valence-corrected chi connectivity index (χ1v) is 11.0. The van der Waals surface area contributed by atoms with Crippen LogP contribution in [0, 0.1) is 0 Å². The minimum atomic E-state index is -0.251. The number of nitrogens with one attached hydrogen (secondary N) is 1. The summed E-state index contributed by atoms with van der Waals surface area (Å²) >= 11 is 2.77. The van der Waals surface area contributed by atoms with Gasteiger partial charge in [0.05, 0.1) is 17.1 Å². The Morgan fingerprint density at radius 3 is 2.75 bits per heavy atom. The third-order valence-corrected chi connectivity index (χ3v) is 6.47. The van der Waals surface area contributed by atoms with E-state index in [9.17, 15) is 9.59 Å². The lowest BCUT2D eigenvalue weighted by Gasteiger charge is -2.16. The van der Waals surface area contributed by atoms with E-state index in [1.165, 1.54) is 51.5 Å². The quantitative estimate of drug-likeness (QED) is 0.674. The molecule has 0 fully saturated rings. The van der Waals surface area contributed by atoms with Crippen molar-refractivity contribution in [3.63, 3.8) is 0 Å². The summed E-state index contributed by atoms with van der Waals surface area (Å²) in [4.78, 5) is 31.1. The smallest absolute Gasteiger partial charge is 0.264 e. The second kappa shape index (κ2) is 8.24. The third-order valence-electron chi connectivity index (χ3n) is 4.85. The van der Waals surface area contributed by atoms with Crippen molar-refractivity contribution >= 4 is 39.6 Å². The van der Waals surface area contributed by atoms with Crippen LogP contribution in [0.15, 0.2) is 41.1 Å². The zero-order valence-corrected chi connectivity index (χ0v) is 17.2. The Bertz CT molecular complexity index is 995. The van der Waals surface area contributed by atoms with E-state index in [1.54, 1.807) is 13.1 Å². The van der Waals surface area contributed by atoms with E-state index in [0.717, 1.165) is 24.1 Å². The van der Waals surface area contributed by atoms with Gasteiger partial charge in [-0.2, -0.15) is 0 Å². The van der Waals surface area contributed by atoms with Gasteiger partial charge in [0.15, 0.2) is 5.13 Å². The number of nitrogens with zero attached hydrogens (tertiary/aromatic N) is 2. The normalized spacial score (nSPS) is 13.0. The number of carbonyl (C=O) groups excluding carboxylic acids is 2. The Hall–Kier alpha value is -2.51. The summed E-state index contributed by atoms with van der Waals surface area (Å²) in [7, 11) is 1.63. The minimum Gasteiger partial charge on any atom is -0.332 e. The van der Waals surface area contributed by atoms with Crippen LogP contribution in [0.4, 0.5) is 5.13 Å². The number of anilines is 1. The molecule has 1 N–H and O–H groups in total. The number of likely N-dealkylation sites (N-methyl/N-ethyl adjacent to an activating group) is 1. The summed E-state index contributed by atoms with van der Waals surface area (Å²) in [5.41, 5.74) is 4.81. The predicted octanol–water partition coefficient (Wildman–Crippen LogP) is 4.46. The van der Waals surface area contributed by atoms with Crippen molar-refractivity contribution < 1.29 is 9.59 Å². The van der Waals surface area contributed by atoms with Crippen molar-refractivity contribution in [2.24, 2.45) is 0 Å². The van der Waals surface area contributed by atoms with Gasteiger partial charge in [0.25, 0.3) is 5.91 Å². The first-order chi connectivity index (χ1) is 13.6. The molecule has 0 radical (unpaired) electrons. The maximum atomic E-state index is 12.3. The molecule has 0 atom stereocenters. The fourth-order valence-electron chi connectivity index (χ4n) is 3.39. The van der Waals surface area contributed by atoms with Gasteiger partial charge in [-0.1, -0.05) is 18.2 Å². The molecule has 1 aliphatic carbocycles. The van der Waals surface area contributed by atoms with Crippen LogP contribution < -0.4 is 5.32 Å². The fourth-order valence-corrected chi connectivity index (χ4v) is 4.84. The van der Waals surface area contributed by atoms with E-state index in [-0.39, 0.29) is 18.4 Å². The molecule has 0 unspecified atom stereocenters. The van der Waals surface area contributed by atoms with Crippen LogP contribution in [0.25, 0.3) is 11.3 Å². The van der Waals surface area contributed by atoms with Crippen LogP contribution in [0.5, 0.6) is 0 Å². The molecule has 1 aromatic carbocycles. The topological polar surface area (TPSA) is 62.3 Å². The van der Waals surface area contributed by atoms with Crippen molar-refractivity contribution in [1.29, 1.82) is 0 Å². The van der Waals surface area contributed by atoms with Gasteiger partial charge >= 0.3 is 0 Å². The van der Waals surface area contributed by atoms with Crippen molar-refractivity contribution in [2.75, 3.05) is 18.9 Å². The maximum Gasteiger partial charge on any atom is 0.264 e. The van der Waals surface area contributed by atoms with E-state index in [4.69, 9.17) is 0 Å². The Kier molecular flexibility index (Phi) is 5.54. The van der Waals surface area contributed by atoms with Crippen LogP contribution in [-0.4, -0.2) is 35.3 Å². The number of rotatable bonds is 5. The molecule has 5 nitrogen and oxygen atoms in total. The second-order valence-corrected chi connectivity index (χ2v) is 8.72. The number of hydrogen-bond donors (Lipinski definition) is 1. The number of hydrogen-bond acceptors (Lipinski definition) is 5. The Morgan fingerprint density at radius 1 is 1.14 bits per heavy atom. The van der Waals surface area contributed by atoms with Gasteiger partial charge in [0.1, 0.15) is 0 Å². The molecule has 0 saturated carbocycles. The van der Waals surface area contributed by atoms with Crippen LogP contribution in [-0.2, 0) is 17.6 Å². The largest absolute Gasteiger partial charge is 0.332 e. The van der Waals surface area contributed by atoms with Crippen LogP contribution in [0.3, 0.4) is 0 Å². The SMILES string of the molecule is CN(CC(=O)Nc1nc(-c2ccc3c(c2)CCCC3)cs1)C(=O)c1cccs1. The summed E-state index contributed by atoms with van der Waals surface area (Å²) in [6.45, 7) is -0.00943. The Balaban J connectivity index is 1.39. The molecule has 7 heteroatoms. The van der Waals surface area contributed by atoms with E-state index < -0.39 is 0 Å². The van der Waals surface area contributed by atoms with Crippen molar-refractivity contribution in [3.05, 3.63) is 57.1 Å². The number of aryl methyl sites for hydroxylation is 2. The van der Waals surface area contributed by atoms with Gasteiger partial charge in [0.2, 0.25) is 5.91 Å². The van der Waals surface area contributed by atoms with E-state index in [0.29, 0.717) is 10.0 Å². The molecule has 0 aliphatic heterocycles. The van der Waals surface area contributed by atoms with Crippen LogP contribution in [0.1, 0.15) is 33.6 Å². The van der Waals surface area contributed by atoms with Crippen molar-refractivity contribution in [3.8, 4) is 11.3 Å². The summed E-state index contributed by atoms with van der Waals surface area (Å²) in [6.07, 6.45) is 4.79. The molecule has 28 heavy (non-hydrogen) atoms. The summed E-state index contributed by atoms with van der Waals surface area (Å²) < 4.78 is 0. The monoisotopic (exact) mass is 411 g/mol. The van der Waals surface area contributed by atoms with Gasteiger partial charge < -0.3 is 10.2 Å². The molecule has 0 saturated heterocycles. The zero-order chi connectivity index (χ0) is 19.5. The van der Waals surface area contributed by atoms with Crippen LogP contribution in [0.2, 0.25) is 0 Å². The molecule has 0 spiro atoms. The first-order valence-electron chi connectivity index (χ1n) is 9.26. The summed E-state index contributed by atoms with van der Waals surface area (Å²) in [5, 5.41) is 7.16. The van der Waals surface area contributed by atoms with E-state index >= 15 is 0 Å². The van der Waals surface area contributed by atoms with E-state index in [1.807, 2.05) is 16.8 Å². The molecule has 2 heterocycles. The van der Waals surface area contributed by atoms with Gasteiger partial charge in [-0.15, -0.1) is 22.7 Å². The van der Waals surface area contributed by atoms with E-state index in [2.05, 4.69) is 28.5 Å². The number of amides is 2. The molecule has 1 aliphatic rings. The number of benzene rings is 1. The predicted molar refractivity (Wildman–Crippen MR) is 114 cm³/mol. The molecular formula is C21H21N3O2S2. The Morgan fingerprint density at radius 2 is 1.96 bits per heavy atom. The highest BCUT2D eigenvalue weighted by molar-refractivity contribution is 7.14. The number of thiophene rings is 1. The molecule has 0 bridgehead atoms. The van der Waals surface area contributed by atoms with Gasteiger partial charge in [0, 0.05) is 18.0 Å². The molecule has 144 valence electrons. The zero-order valence-electron chi connectivity index (χ0n) is 15.6. The van der Waals surface area contributed by atoms with Crippen molar-refractivity contribution in [2.45, 2.75) is 25.7 Å². The second-order valence-electron chi connectivity index (χ2n) is 6.92. The average molecular weight is 412 g/mol. The average Bonchev–Trinajstić information content (AvgIpc) is 3.39. The standard InChI is InChI=1S/C21H21N3O2S2/c1-24(20(26)18-7-4-10-27-18)12-19(25)23-21-22-17(13-28-21)16-9-8-14-5-2-3-6-15(14)11-16/h4,7-11,13H,2-3,5-6,12H2,1H3,(H,22,23,25). The lowest BCUT2D eigenvalue weighted by atomic mass is 9.90. The highest BCUT2D eigenvalue weighted by Crippen LogP contribution is 2.29. The number of aromatic nitrogens is 1. The fraction of sp³-hybridized carbons (Fsp3) is 0.286. The first kappa shape index (κ1) is 18.8. The summed E-state index contributed by atoms with van der Waals surface area (Å²) in [5.74, 6) is -0.405.